The van der Waals surface area contributed by atoms with Crippen LogP contribution >= 0.6 is 27.3 Å². The van der Waals surface area contributed by atoms with Crippen molar-refractivity contribution in [2.45, 2.75) is 43.5 Å². The maximum absolute atomic E-state index is 13.1. The van der Waals surface area contributed by atoms with Crippen LogP contribution in [0, 0.1) is 0 Å². The minimum Gasteiger partial charge on any atom is -0.402 e. The number of hydrogen-bond donors (Lipinski definition) is 1. The van der Waals surface area contributed by atoms with Crippen molar-refractivity contribution in [2.75, 3.05) is 11.9 Å². The zero-order chi connectivity index (χ0) is 22.0. The average molecular weight is 525 g/mol. The first-order valence-corrected chi connectivity index (χ1v) is 13.0. The number of halogens is 1. The lowest BCUT2D eigenvalue weighted by atomic mass is 10.0. The quantitative estimate of drug-likeness (QED) is 0.497. The Kier molecular flexibility index (Phi) is 6.56. The van der Waals surface area contributed by atoms with Crippen LogP contribution in [0.5, 0.6) is 0 Å². The van der Waals surface area contributed by atoms with Crippen LogP contribution in [0.2, 0.25) is 0 Å². The van der Waals surface area contributed by atoms with Crippen LogP contribution in [0.25, 0.3) is 10.8 Å². The number of rotatable bonds is 6. The Labute approximate surface area is 192 Å². The van der Waals surface area contributed by atoms with Crippen LogP contribution in [-0.4, -0.2) is 41.4 Å². The van der Waals surface area contributed by atoms with E-state index in [1.54, 1.807) is 4.31 Å². The van der Waals surface area contributed by atoms with Crippen LogP contribution in [0.15, 0.2) is 49.5 Å². The van der Waals surface area contributed by atoms with Gasteiger partial charge in [0, 0.05) is 18.2 Å². The van der Waals surface area contributed by atoms with Gasteiger partial charge in [0.2, 0.25) is 10.0 Å². The van der Waals surface area contributed by atoms with Crippen molar-refractivity contribution in [3.63, 3.8) is 0 Å². The number of piperidine rings is 1. The number of thiophene rings is 1. The summed E-state index contributed by atoms with van der Waals surface area (Å²) in [5.41, 5.74) is 0.295. The molecule has 1 aliphatic heterocycles. The Morgan fingerprint density at radius 2 is 2.00 bits per heavy atom. The van der Waals surface area contributed by atoms with E-state index in [2.05, 4.69) is 31.4 Å². The number of carbonyl (C=O) groups excluding carboxylic acids is 1. The summed E-state index contributed by atoms with van der Waals surface area (Å²) in [5, 5.41) is 10.3. The SMILES string of the molecule is CCC1CCCCN1S(=O)(=O)c1ccc(C(=O)Nc2nnc(-c3ccc(Br)s3)o2)cc1. The zero-order valence-corrected chi connectivity index (χ0v) is 20.0. The fourth-order valence-corrected chi connectivity index (χ4v) is 6.66. The molecule has 164 valence electrons. The van der Waals surface area contributed by atoms with Gasteiger partial charge in [-0.2, -0.15) is 4.31 Å². The lowest BCUT2D eigenvalue weighted by molar-refractivity contribution is 0.102. The Bertz CT molecular complexity index is 1170. The molecule has 4 rings (SSSR count). The molecule has 1 N–H and O–H groups in total. The van der Waals surface area contributed by atoms with Gasteiger partial charge in [0.05, 0.1) is 13.6 Å². The molecule has 1 fully saturated rings. The van der Waals surface area contributed by atoms with E-state index in [0.717, 1.165) is 34.3 Å². The van der Waals surface area contributed by atoms with Gasteiger partial charge in [0.1, 0.15) is 0 Å². The summed E-state index contributed by atoms with van der Waals surface area (Å²) in [7, 11) is -3.59. The fraction of sp³-hybridized carbons (Fsp3) is 0.350. The summed E-state index contributed by atoms with van der Waals surface area (Å²) in [6.07, 6.45) is 3.58. The number of anilines is 1. The molecule has 1 amide bonds. The highest BCUT2D eigenvalue weighted by Gasteiger charge is 2.32. The number of sulfonamides is 1. The van der Waals surface area contributed by atoms with Gasteiger partial charge in [-0.3, -0.25) is 10.1 Å². The maximum atomic E-state index is 13.1. The molecule has 8 nitrogen and oxygen atoms in total. The number of aromatic nitrogens is 2. The summed E-state index contributed by atoms with van der Waals surface area (Å²) >= 11 is 4.81. The highest BCUT2D eigenvalue weighted by atomic mass is 79.9. The molecule has 0 spiro atoms. The third kappa shape index (κ3) is 4.74. The molecule has 2 aromatic heterocycles. The lowest BCUT2D eigenvalue weighted by Crippen LogP contribution is -2.43. The topological polar surface area (TPSA) is 105 Å². The van der Waals surface area contributed by atoms with Gasteiger partial charge in [-0.05, 0) is 71.6 Å². The number of benzene rings is 1. The maximum Gasteiger partial charge on any atom is 0.322 e. The molecule has 1 saturated heterocycles. The standard InChI is InChI=1S/C20H21BrN4O4S2/c1-2-14-5-3-4-12-25(14)31(27,28)15-8-6-13(7-9-15)18(26)22-20-24-23-19(29-20)16-10-11-17(21)30-16/h6-11,14H,2-5,12H2,1H3,(H,22,24,26). The van der Waals surface area contributed by atoms with Gasteiger partial charge in [0.25, 0.3) is 11.8 Å². The molecule has 3 heterocycles. The van der Waals surface area contributed by atoms with Crippen LogP contribution in [0.1, 0.15) is 43.0 Å². The average Bonchev–Trinajstić information content (AvgIpc) is 3.42. The van der Waals surface area contributed by atoms with Crippen molar-refractivity contribution in [2.24, 2.45) is 0 Å². The third-order valence-corrected chi connectivity index (χ3v) is 8.77. The van der Waals surface area contributed by atoms with E-state index in [9.17, 15) is 13.2 Å². The second kappa shape index (κ2) is 9.19. The van der Waals surface area contributed by atoms with Crippen LogP contribution in [0.4, 0.5) is 6.01 Å². The Balaban J connectivity index is 1.46. The highest BCUT2D eigenvalue weighted by molar-refractivity contribution is 9.11. The Hall–Kier alpha value is -2.08. The molecule has 1 aliphatic rings. The van der Waals surface area contributed by atoms with E-state index in [-0.39, 0.29) is 17.0 Å². The predicted molar refractivity (Wildman–Crippen MR) is 122 cm³/mol. The third-order valence-electron chi connectivity index (χ3n) is 5.20. The summed E-state index contributed by atoms with van der Waals surface area (Å²) in [6, 6.07) is 9.60. The molecular weight excluding hydrogens is 504 g/mol. The van der Waals surface area contributed by atoms with Crippen molar-refractivity contribution in [3.05, 3.63) is 45.7 Å². The number of amides is 1. The molecule has 1 unspecified atom stereocenters. The predicted octanol–water partition coefficient (Wildman–Crippen LogP) is 4.77. The van der Waals surface area contributed by atoms with E-state index in [1.165, 1.54) is 35.6 Å². The first kappa shape index (κ1) is 22.1. The first-order valence-electron chi connectivity index (χ1n) is 9.91. The van der Waals surface area contributed by atoms with Crippen LogP contribution in [0.3, 0.4) is 0 Å². The van der Waals surface area contributed by atoms with Crippen molar-refractivity contribution < 1.29 is 17.6 Å². The van der Waals surface area contributed by atoms with Gasteiger partial charge in [-0.15, -0.1) is 16.4 Å². The Morgan fingerprint density at radius 1 is 1.23 bits per heavy atom. The molecule has 1 aromatic carbocycles. The smallest absolute Gasteiger partial charge is 0.322 e. The number of hydrogen-bond acceptors (Lipinski definition) is 7. The normalized spacial score (nSPS) is 17.5. The van der Waals surface area contributed by atoms with Crippen molar-refractivity contribution in [1.82, 2.24) is 14.5 Å². The second-order valence-electron chi connectivity index (χ2n) is 7.17. The van der Waals surface area contributed by atoms with Crippen molar-refractivity contribution >= 4 is 49.2 Å². The molecule has 11 heteroatoms. The van der Waals surface area contributed by atoms with E-state index >= 15 is 0 Å². The highest BCUT2D eigenvalue weighted by Crippen LogP contribution is 2.31. The largest absolute Gasteiger partial charge is 0.402 e. The minimum absolute atomic E-state index is 0.0254. The molecule has 1 atom stereocenters. The van der Waals surface area contributed by atoms with Crippen molar-refractivity contribution in [1.29, 1.82) is 0 Å². The summed E-state index contributed by atoms with van der Waals surface area (Å²) in [4.78, 5) is 13.5. The zero-order valence-electron chi connectivity index (χ0n) is 16.7. The van der Waals surface area contributed by atoms with E-state index in [0.29, 0.717) is 18.0 Å². The molecule has 0 saturated carbocycles. The monoisotopic (exact) mass is 524 g/mol. The van der Waals surface area contributed by atoms with E-state index in [4.69, 9.17) is 4.42 Å². The lowest BCUT2D eigenvalue weighted by Gasteiger charge is -2.34. The summed E-state index contributed by atoms with van der Waals surface area (Å²) in [5.74, 6) is -0.157. The minimum atomic E-state index is -3.59. The fourth-order valence-electron chi connectivity index (χ4n) is 3.58. The van der Waals surface area contributed by atoms with Gasteiger partial charge in [-0.25, -0.2) is 8.42 Å². The molecule has 0 radical (unpaired) electrons. The van der Waals surface area contributed by atoms with Gasteiger partial charge < -0.3 is 4.42 Å². The molecule has 0 bridgehead atoms. The molecule has 0 aliphatic carbocycles. The number of nitrogens with one attached hydrogen (secondary N) is 1. The summed E-state index contributed by atoms with van der Waals surface area (Å²) in [6.45, 7) is 2.54. The molecule has 31 heavy (non-hydrogen) atoms. The summed E-state index contributed by atoms with van der Waals surface area (Å²) < 4.78 is 34.1. The number of carbonyl (C=O) groups is 1. The van der Waals surface area contributed by atoms with E-state index in [1.807, 2.05) is 19.1 Å². The molecular formula is C20H21BrN4O4S2. The second-order valence-corrected chi connectivity index (χ2v) is 11.5. The Morgan fingerprint density at radius 3 is 2.68 bits per heavy atom. The molecule has 3 aromatic rings. The van der Waals surface area contributed by atoms with Crippen LogP contribution in [-0.2, 0) is 10.0 Å². The van der Waals surface area contributed by atoms with Gasteiger partial charge in [0.15, 0.2) is 0 Å². The van der Waals surface area contributed by atoms with Gasteiger partial charge >= 0.3 is 6.01 Å². The van der Waals surface area contributed by atoms with E-state index < -0.39 is 15.9 Å². The van der Waals surface area contributed by atoms with Crippen LogP contribution < -0.4 is 5.32 Å². The first-order chi connectivity index (χ1) is 14.9. The van der Waals surface area contributed by atoms with Gasteiger partial charge in [-0.1, -0.05) is 18.4 Å². The van der Waals surface area contributed by atoms with Crippen molar-refractivity contribution in [3.8, 4) is 10.8 Å². The number of nitrogens with zero attached hydrogens (tertiary/aromatic N) is 3.